The number of hydrogen-bond donors (Lipinski definition) is 0. The van der Waals surface area contributed by atoms with Crippen LogP contribution in [0.15, 0.2) is 22.6 Å². The topological polar surface area (TPSA) is 75.0 Å². The molecule has 0 saturated heterocycles. The predicted octanol–water partition coefficient (Wildman–Crippen LogP) is 3.25. The molecule has 23 heavy (non-hydrogen) atoms. The Morgan fingerprint density at radius 1 is 1.17 bits per heavy atom. The monoisotopic (exact) mass is 320 g/mol. The lowest BCUT2D eigenvalue weighted by Gasteiger charge is -2.13. The Labute approximate surface area is 134 Å². The van der Waals surface area contributed by atoms with Crippen molar-refractivity contribution in [3.8, 4) is 5.75 Å². The van der Waals surface area contributed by atoms with E-state index in [1.54, 1.807) is 45.9 Å². The molecule has 0 unspecified atom stereocenters. The first-order valence-corrected chi connectivity index (χ1v) is 7.51. The second-order valence-corrected chi connectivity index (χ2v) is 4.92. The minimum atomic E-state index is -0.744. The highest BCUT2D eigenvalue weighted by Gasteiger charge is 2.21. The van der Waals surface area contributed by atoms with Gasteiger partial charge in [0.25, 0.3) is 0 Å². The Morgan fingerprint density at radius 3 is 2.52 bits per heavy atom. The van der Waals surface area contributed by atoms with E-state index in [-0.39, 0.29) is 6.61 Å². The Balaban J connectivity index is 2.32. The van der Waals surface area contributed by atoms with Crippen LogP contribution in [0.5, 0.6) is 5.75 Å². The largest absolute Gasteiger partial charge is 0.479 e. The summed E-state index contributed by atoms with van der Waals surface area (Å²) in [7, 11) is 0. The highest BCUT2D eigenvalue weighted by Crippen LogP contribution is 2.30. The van der Waals surface area contributed by atoms with Crippen LogP contribution in [0.25, 0.3) is 11.0 Å². The summed E-state index contributed by atoms with van der Waals surface area (Å²) in [5.74, 6) is 0.0411. The van der Waals surface area contributed by atoms with Crippen LogP contribution in [0.1, 0.15) is 36.9 Å². The van der Waals surface area contributed by atoms with E-state index in [2.05, 4.69) is 0 Å². The lowest BCUT2D eigenvalue weighted by molar-refractivity contribution is -0.150. The van der Waals surface area contributed by atoms with Crippen molar-refractivity contribution in [2.45, 2.75) is 33.8 Å². The first-order chi connectivity index (χ1) is 11.0. The number of ether oxygens (including phenoxy) is 3. The average molecular weight is 320 g/mol. The molecule has 0 aliphatic carbocycles. The molecule has 6 heteroatoms. The predicted molar refractivity (Wildman–Crippen MR) is 83.6 cm³/mol. The van der Waals surface area contributed by atoms with E-state index in [1.807, 2.05) is 0 Å². The van der Waals surface area contributed by atoms with Gasteiger partial charge >= 0.3 is 11.9 Å². The van der Waals surface area contributed by atoms with Crippen LogP contribution in [0.2, 0.25) is 0 Å². The fourth-order valence-corrected chi connectivity index (χ4v) is 2.24. The quantitative estimate of drug-likeness (QED) is 0.761. The van der Waals surface area contributed by atoms with E-state index in [0.717, 1.165) is 0 Å². The summed E-state index contributed by atoms with van der Waals surface area (Å²) in [5.41, 5.74) is 0.928. The standard InChI is InChI=1S/C17H20O6/c1-5-20-16(18)11(4)22-12-7-8-14-13(9-12)15(10(3)23-14)17(19)21-6-2/h7-9,11H,5-6H2,1-4H3/t11-/m0/s1. The number of furan rings is 1. The SMILES string of the molecule is CCOC(=O)c1c(C)oc2ccc(O[C@@H](C)C(=O)OCC)cc12. The van der Waals surface area contributed by atoms with Crippen molar-refractivity contribution in [1.82, 2.24) is 0 Å². The molecule has 124 valence electrons. The van der Waals surface area contributed by atoms with Crippen molar-refractivity contribution in [2.75, 3.05) is 13.2 Å². The molecule has 2 aromatic rings. The van der Waals surface area contributed by atoms with Gasteiger partial charge in [-0.25, -0.2) is 9.59 Å². The molecule has 0 aliphatic rings. The van der Waals surface area contributed by atoms with E-state index < -0.39 is 18.0 Å². The van der Waals surface area contributed by atoms with E-state index >= 15 is 0 Å². The van der Waals surface area contributed by atoms with Crippen LogP contribution >= 0.6 is 0 Å². The number of carbonyl (C=O) groups excluding carboxylic acids is 2. The molecule has 1 aromatic heterocycles. The summed E-state index contributed by atoms with van der Waals surface area (Å²) in [6.07, 6.45) is -0.744. The van der Waals surface area contributed by atoms with Gasteiger partial charge in [-0.1, -0.05) is 0 Å². The zero-order valence-electron chi connectivity index (χ0n) is 13.7. The summed E-state index contributed by atoms with van der Waals surface area (Å²) in [5, 5.41) is 0.592. The van der Waals surface area contributed by atoms with Gasteiger partial charge in [0, 0.05) is 5.39 Å². The molecule has 0 aliphatic heterocycles. The third-order valence-electron chi connectivity index (χ3n) is 3.25. The smallest absolute Gasteiger partial charge is 0.347 e. The maximum Gasteiger partial charge on any atom is 0.347 e. The van der Waals surface area contributed by atoms with E-state index in [0.29, 0.717) is 34.6 Å². The van der Waals surface area contributed by atoms with E-state index in [4.69, 9.17) is 18.6 Å². The van der Waals surface area contributed by atoms with E-state index in [1.165, 1.54) is 0 Å². The first kappa shape index (κ1) is 16.9. The van der Waals surface area contributed by atoms with Gasteiger partial charge < -0.3 is 18.6 Å². The van der Waals surface area contributed by atoms with Crippen molar-refractivity contribution in [1.29, 1.82) is 0 Å². The molecule has 0 N–H and O–H groups in total. The van der Waals surface area contributed by atoms with Crippen molar-refractivity contribution < 1.29 is 28.2 Å². The Kier molecular flexibility index (Phi) is 5.26. The highest BCUT2D eigenvalue weighted by atomic mass is 16.6. The normalized spacial score (nSPS) is 12.0. The summed E-state index contributed by atoms with van der Waals surface area (Å²) in [4.78, 5) is 23.7. The van der Waals surface area contributed by atoms with Gasteiger partial charge in [0.2, 0.25) is 0 Å². The summed E-state index contributed by atoms with van der Waals surface area (Å²) in [6.45, 7) is 7.35. The number of fused-ring (bicyclic) bond motifs is 1. The van der Waals surface area contributed by atoms with Gasteiger partial charge in [-0.15, -0.1) is 0 Å². The molecular weight excluding hydrogens is 300 g/mol. The Bertz CT molecular complexity index is 715. The lowest BCUT2D eigenvalue weighted by atomic mass is 10.1. The average Bonchev–Trinajstić information content (AvgIpc) is 2.83. The second-order valence-electron chi connectivity index (χ2n) is 4.92. The molecular formula is C17H20O6. The summed E-state index contributed by atoms with van der Waals surface area (Å²) >= 11 is 0. The third kappa shape index (κ3) is 3.64. The minimum absolute atomic E-state index is 0.279. The fourth-order valence-electron chi connectivity index (χ4n) is 2.24. The zero-order chi connectivity index (χ0) is 17.0. The first-order valence-electron chi connectivity index (χ1n) is 7.51. The highest BCUT2D eigenvalue weighted by molar-refractivity contribution is 6.04. The van der Waals surface area contributed by atoms with Crippen LogP contribution in [0, 0.1) is 6.92 Å². The van der Waals surface area contributed by atoms with Crippen molar-refractivity contribution in [3.05, 3.63) is 29.5 Å². The number of esters is 2. The molecule has 1 heterocycles. The molecule has 0 saturated carbocycles. The van der Waals surface area contributed by atoms with Crippen molar-refractivity contribution >= 4 is 22.9 Å². The second kappa shape index (κ2) is 7.17. The maximum atomic E-state index is 12.1. The molecule has 0 fully saturated rings. The summed E-state index contributed by atoms with van der Waals surface area (Å²) in [6, 6.07) is 5.03. The van der Waals surface area contributed by atoms with Gasteiger partial charge in [-0.2, -0.15) is 0 Å². The van der Waals surface area contributed by atoms with Gasteiger partial charge in [0.15, 0.2) is 6.10 Å². The van der Waals surface area contributed by atoms with E-state index in [9.17, 15) is 9.59 Å². The molecule has 1 aromatic carbocycles. The van der Waals surface area contributed by atoms with Crippen LogP contribution in [-0.4, -0.2) is 31.3 Å². The van der Waals surface area contributed by atoms with Crippen LogP contribution in [0.4, 0.5) is 0 Å². The Hall–Kier alpha value is -2.50. The molecule has 0 bridgehead atoms. The van der Waals surface area contributed by atoms with Gasteiger partial charge in [0.05, 0.1) is 13.2 Å². The lowest BCUT2D eigenvalue weighted by Crippen LogP contribution is -2.26. The number of aryl methyl sites for hydroxylation is 1. The van der Waals surface area contributed by atoms with Crippen LogP contribution in [0.3, 0.4) is 0 Å². The number of rotatable bonds is 6. The fraction of sp³-hybridized carbons (Fsp3) is 0.412. The molecule has 0 amide bonds. The van der Waals surface area contributed by atoms with Crippen molar-refractivity contribution in [2.24, 2.45) is 0 Å². The van der Waals surface area contributed by atoms with Crippen molar-refractivity contribution in [3.63, 3.8) is 0 Å². The zero-order valence-corrected chi connectivity index (χ0v) is 13.7. The molecule has 0 radical (unpaired) electrons. The van der Waals surface area contributed by atoms with Crippen LogP contribution in [-0.2, 0) is 14.3 Å². The molecule has 0 spiro atoms. The Morgan fingerprint density at radius 2 is 1.87 bits per heavy atom. The number of hydrogen-bond acceptors (Lipinski definition) is 6. The molecule has 6 nitrogen and oxygen atoms in total. The van der Waals surface area contributed by atoms with Gasteiger partial charge in [0.1, 0.15) is 22.7 Å². The maximum absolute atomic E-state index is 12.1. The minimum Gasteiger partial charge on any atom is -0.479 e. The molecule has 2 rings (SSSR count). The summed E-state index contributed by atoms with van der Waals surface area (Å²) < 4.78 is 21.1. The number of benzene rings is 1. The van der Waals surface area contributed by atoms with Gasteiger partial charge in [-0.3, -0.25) is 0 Å². The number of carbonyl (C=O) groups is 2. The molecule has 1 atom stereocenters. The third-order valence-corrected chi connectivity index (χ3v) is 3.25. The van der Waals surface area contributed by atoms with Crippen LogP contribution < -0.4 is 4.74 Å². The van der Waals surface area contributed by atoms with Gasteiger partial charge in [-0.05, 0) is 45.9 Å².